The molecule has 0 bridgehead atoms. The maximum atomic E-state index is 12.0. The second-order valence-electron chi connectivity index (χ2n) is 5.69. The van der Waals surface area contributed by atoms with E-state index in [1.807, 2.05) is 12.1 Å². The van der Waals surface area contributed by atoms with Gasteiger partial charge in [-0.1, -0.05) is 17.4 Å². The van der Waals surface area contributed by atoms with E-state index in [2.05, 4.69) is 21.3 Å². The van der Waals surface area contributed by atoms with Gasteiger partial charge in [0.05, 0.1) is 17.7 Å². The summed E-state index contributed by atoms with van der Waals surface area (Å²) in [6.45, 7) is 1.53. The Balaban J connectivity index is 1.47. The van der Waals surface area contributed by atoms with E-state index >= 15 is 0 Å². The Hall–Kier alpha value is -1.82. The molecule has 0 radical (unpaired) electrons. The number of carbonyl (C=O) groups is 1. The van der Waals surface area contributed by atoms with E-state index < -0.39 is 0 Å². The van der Waals surface area contributed by atoms with Crippen molar-refractivity contribution >= 4 is 32.6 Å². The zero-order valence-electron chi connectivity index (χ0n) is 11.8. The van der Waals surface area contributed by atoms with Crippen LogP contribution in [0.5, 0.6) is 5.75 Å². The van der Waals surface area contributed by atoms with Gasteiger partial charge in [0.25, 0.3) is 0 Å². The molecule has 5 nitrogen and oxygen atoms in total. The number of methoxy groups -OCH3 is 1. The summed E-state index contributed by atoms with van der Waals surface area (Å²) in [6.07, 6.45) is 2.28. The Morgan fingerprint density at radius 3 is 2.95 bits per heavy atom. The van der Waals surface area contributed by atoms with Gasteiger partial charge in [-0.2, -0.15) is 0 Å². The minimum atomic E-state index is 0.111. The van der Waals surface area contributed by atoms with Crippen molar-refractivity contribution in [2.75, 3.05) is 25.1 Å². The van der Waals surface area contributed by atoms with Crippen LogP contribution < -0.4 is 15.0 Å². The molecule has 21 heavy (non-hydrogen) atoms. The molecule has 1 N–H and O–H groups in total. The number of nitrogens with one attached hydrogen (secondary N) is 1. The van der Waals surface area contributed by atoms with Crippen LogP contribution >= 0.6 is 11.3 Å². The molecule has 2 aromatic rings. The van der Waals surface area contributed by atoms with Crippen LogP contribution in [0.1, 0.15) is 12.8 Å². The molecule has 0 atom stereocenters. The second kappa shape index (κ2) is 4.87. The van der Waals surface area contributed by atoms with Crippen LogP contribution in [0.25, 0.3) is 10.2 Å². The van der Waals surface area contributed by atoms with Crippen molar-refractivity contribution in [3.63, 3.8) is 0 Å². The smallest absolute Gasteiger partial charge is 0.226 e. The molecule has 1 aromatic carbocycles. The van der Waals surface area contributed by atoms with Gasteiger partial charge < -0.3 is 15.0 Å². The van der Waals surface area contributed by atoms with Crippen LogP contribution in [-0.4, -0.2) is 37.1 Å². The lowest BCUT2D eigenvalue weighted by Crippen LogP contribution is -2.54. The third kappa shape index (κ3) is 2.33. The Bertz CT molecular complexity index is 689. The molecular formula is C15H17N3O2S. The predicted octanol–water partition coefficient (Wildman–Crippen LogP) is 2.02. The van der Waals surface area contributed by atoms with E-state index in [0.29, 0.717) is 6.04 Å². The number of carbonyl (C=O) groups excluding carboxylic acids is 1. The molecule has 0 spiro atoms. The normalized spacial score (nSPS) is 18.6. The first-order chi connectivity index (χ1) is 10.2. The molecule has 6 heteroatoms. The first-order valence-electron chi connectivity index (χ1n) is 7.23. The van der Waals surface area contributed by atoms with Crippen LogP contribution in [0.15, 0.2) is 18.2 Å². The number of thiazole rings is 1. The number of para-hydroxylation sites is 1. The largest absolute Gasteiger partial charge is 0.494 e. The highest BCUT2D eigenvalue weighted by atomic mass is 32.1. The highest BCUT2D eigenvalue weighted by Gasteiger charge is 2.36. The molecule has 4 rings (SSSR count). The minimum absolute atomic E-state index is 0.111. The molecule has 1 aromatic heterocycles. The molecule has 1 aliphatic heterocycles. The quantitative estimate of drug-likeness (QED) is 0.939. The number of ether oxygens (including phenoxy) is 1. The summed E-state index contributed by atoms with van der Waals surface area (Å²) in [4.78, 5) is 18.8. The van der Waals surface area contributed by atoms with Crippen molar-refractivity contribution < 1.29 is 9.53 Å². The highest BCUT2D eigenvalue weighted by Crippen LogP contribution is 2.36. The molecule has 1 saturated carbocycles. The summed E-state index contributed by atoms with van der Waals surface area (Å²) in [5, 5.41) is 4.05. The molecule has 2 heterocycles. The second-order valence-corrected chi connectivity index (χ2v) is 6.70. The summed E-state index contributed by atoms with van der Waals surface area (Å²) in [7, 11) is 1.66. The van der Waals surface area contributed by atoms with Crippen molar-refractivity contribution in [1.29, 1.82) is 0 Å². The first-order valence-corrected chi connectivity index (χ1v) is 8.05. The van der Waals surface area contributed by atoms with E-state index in [4.69, 9.17) is 4.74 Å². The molecule has 1 amide bonds. The number of rotatable bonds is 4. The van der Waals surface area contributed by atoms with Crippen molar-refractivity contribution in [1.82, 2.24) is 10.3 Å². The Kier molecular flexibility index (Phi) is 2.99. The number of anilines is 1. The number of hydrogen-bond donors (Lipinski definition) is 1. The lowest BCUT2D eigenvalue weighted by molar-refractivity contribution is -0.125. The van der Waals surface area contributed by atoms with Crippen LogP contribution in [0.4, 0.5) is 5.13 Å². The Morgan fingerprint density at radius 1 is 1.43 bits per heavy atom. The summed E-state index contributed by atoms with van der Waals surface area (Å²) < 4.78 is 6.46. The monoisotopic (exact) mass is 303 g/mol. The van der Waals surface area contributed by atoms with Gasteiger partial charge in [0, 0.05) is 19.1 Å². The fourth-order valence-corrected chi connectivity index (χ4v) is 3.56. The Morgan fingerprint density at radius 2 is 2.24 bits per heavy atom. The molecule has 2 aliphatic rings. The van der Waals surface area contributed by atoms with Crippen LogP contribution in [0.3, 0.4) is 0 Å². The van der Waals surface area contributed by atoms with Gasteiger partial charge in [0.1, 0.15) is 11.3 Å². The fourth-order valence-electron chi connectivity index (χ4n) is 2.56. The van der Waals surface area contributed by atoms with Crippen molar-refractivity contribution in [2.24, 2.45) is 5.92 Å². The maximum Gasteiger partial charge on any atom is 0.226 e. The topological polar surface area (TPSA) is 54.5 Å². The Labute approximate surface area is 126 Å². The van der Waals surface area contributed by atoms with Gasteiger partial charge in [0.2, 0.25) is 5.91 Å². The van der Waals surface area contributed by atoms with E-state index in [9.17, 15) is 4.79 Å². The van der Waals surface area contributed by atoms with Crippen LogP contribution in [0, 0.1) is 5.92 Å². The first kappa shape index (κ1) is 12.9. The predicted molar refractivity (Wildman–Crippen MR) is 83.0 cm³/mol. The average Bonchev–Trinajstić information content (AvgIpc) is 3.13. The lowest BCUT2D eigenvalue weighted by Gasteiger charge is -2.37. The summed E-state index contributed by atoms with van der Waals surface area (Å²) >= 11 is 1.65. The van der Waals surface area contributed by atoms with Gasteiger partial charge in [-0.05, 0) is 25.0 Å². The van der Waals surface area contributed by atoms with E-state index in [-0.39, 0.29) is 11.8 Å². The average molecular weight is 303 g/mol. The standard InChI is InChI=1S/C15H17N3O2S/c1-20-11-3-2-4-12-13(11)17-15(21-12)18-7-9(8-18)14(19)16-10-5-6-10/h2-4,9-10H,5-8H2,1H3,(H,16,19). The van der Waals surface area contributed by atoms with Gasteiger partial charge in [-0.3, -0.25) is 4.79 Å². The van der Waals surface area contributed by atoms with Gasteiger partial charge >= 0.3 is 0 Å². The summed E-state index contributed by atoms with van der Waals surface area (Å²) in [5.74, 6) is 1.12. The van der Waals surface area contributed by atoms with Gasteiger partial charge in [-0.15, -0.1) is 0 Å². The maximum absolute atomic E-state index is 12.0. The summed E-state index contributed by atoms with van der Waals surface area (Å²) in [5.41, 5.74) is 0.908. The third-order valence-electron chi connectivity index (χ3n) is 4.04. The highest BCUT2D eigenvalue weighted by molar-refractivity contribution is 7.22. The SMILES string of the molecule is COc1cccc2sc(N3CC(C(=O)NC4CC4)C3)nc12. The molecule has 0 unspecified atom stereocenters. The molecule has 1 saturated heterocycles. The number of fused-ring (bicyclic) bond motifs is 1. The van der Waals surface area contributed by atoms with E-state index in [1.165, 1.54) is 0 Å². The number of aromatic nitrogens is 1. The van der Waals surface area contributed by atoms with Gasteiger partial charge in [-0.25, -0.2) is 4.98 Å². The molecule has 2 fully saturated rings. The van der Waals surface area contributed by atoms with Gasteiger partial charge in [0.15, 0.2) is 5.13 Å². The number of hydrogen-bond acceptors (Lipinski definition) is 5. The van der Waals surface area contributed by atoms with Crippen LogP contribution in [0.2, 0.25) is 0 Å². The molecular weight excluding hydrogens is 286 g/mol. The zero-order valence-corrected chi connectivity index (χ0v) is 12.7. The van der Waals surface area contributed by atoms with E-state index in [0.717, 1.165) is 47.0 Å². The third-order valence-corrected chi connectivity index (χ3v) is 5.12. The number of nitrogens with zero attached hydrogens (tertiary/aromatic N) is 2. The molecule has 1 aliphatic carbocycles. The van der Waals surface area contributed by atoms with Crippen LogP contribution in [-0.2, 0) is 4.79 Å². The van der Waals surface area contributed by atoms with E-state index in [1.54, 1.807) is 18.4 Å². The number of benzene rings is 1. The van der Waals surface area contributed by atoms with Crippen molar-refractivity contribution in [3.8, 4) is 5.75 Å². The fraction of sp³-hybridized carbons (Fsp3) is 0.467. The summed E-state index contributed by atoms with van der Waals surface area (Å²) in [6, 6.07) is 6.40. The minimum Gasteiger partial charge on any atom is -0.494 e. The lowest BCUT2D eigenvalue weighted by atomic mass is 10.0. The number of amides is 1. The van der Waals surface area contributed by atoms with Crippen molar-refractivity contribution in [3.05, 3.63) is 18.2 Å². The zero-order chi connectivity index (χ0) is 14.4. The molecule has 110 valence electrons. The van der Waals surface area contributed by atoms with Crippen molar-refractivity contribution in [2.45, 2.75) is 18.9 Å².